The summed E-state index contributed by atoms with van der Waals surface area (Å²) in [4.78, 5) is 11.6. The average Bonchev–Trinajstić information content (AvgIpc) is 2.87. The van der Waals surface area contributed by atoms with Crippen LogP contribution in [0.3, 0.4) is 0 Å². The van der Waals surface area contributed by atoms with Crippen molar-refractivity contribution in [1.82, 2.24) is 5.32 Å². The van der Waals surface area contributed by atoms with E-state index in [0.717, 1.165) is 32.5 Å². The molecule has 1 N–H and O–H groups in total. The van der Waals surface area contributed by atoms with Crippen molar-refractivity contribution in [3.05, 3.63) is 0 Å². The normalized spacial score (nSPS) is 36.6. The van der Waals surface area contributed by atoms with Crippen molar-refractivity contribution in [2.45, 2.75) is 44.6 Å². The van der Waals surface area contributed by atoms with E-state index in [2.05, 4.69) is 12.2 Å². The summed E-state index contributed by atoms with van der Waals surface area (Å²) in [6.07, 6.45) is 5.37. The van der Waals surface area contributed by atoms with E-state index in [1.807, 2.05) is 0 Å². The standard InChI is InChI=1S/C12H19NO2/c1-11(2-3-11)9-8-10(14)13-12(9)4-6-15-7-5-12/h9H,2-8H2,1H3,(H,13,14). The van der Waals surface area contributed by atoms with Crippen LogP contribution in [0.15, 0.2) is 0 Å². The van der Waals surface area contributed by atoms with E-state index in [4.69, 9.17) is 4.74 Å². The number of hydrogen-bond donors (Lipinski definition) is 1. The van der Waals surface area contributed by atoms with Gasteiger partial charge in [-0.15, -0.1) is 0 Å². The Labute approximate surface area is 90.6 Å². The van der Waals surface area contributed by atoms with Gasteiger partial charge < -0.3 is 10.1 Å². The molecule has 84 valence electrons. The molecular weight excluding hydrogens is 190 g/mol. The minimum atomic E-state index is 0.0839. The summed E-state index contributed by atoms with van der Waals surface area (Å²) in [6.45, 7) is 3.97. The predicted molar refractivity (Wildman–Crippen MR) is 56.4 cm³/mol. The van der Waals surface area contributed by atoms with Crippen LogP contribution in [0, 0.1) is 11.3 Å². The Morgan fingerprint density at radius 1 is 1.27 bits per heavy atom. The van der Waals surface area contributed by atoms with Crippen LogP contribution < -0.4 is 5.32 Å². The monoisotopic (exact) mass is 209 g/mol. The topological polar surface area (TPSA) is 38.3 Å². The van der Waals surface area contributed by atoms with Gasteiger partial charge in [-0.05, 0) is 37.0 Å². The Kier molecular flexibility index (Phi) is 1.91. The average molecular weight is 209 g/mol. The van der Waals surface area contributed by atoms with Gasteiger partial charge >= 0.3 is 0 Å². The lowest BCUT2D eigenvalue weighted by Crippen LogP contribution is -2.51. The van der Waals surface area contributed by atoms with Gasteiger partial charge in [-0.3, -0.25) is 4.79 Å². The van der Waals surface area contributed by atoms with Crippen LogP contribution in [-0.2, 0) is 9.53 Å². The highest BCUT2D eigenvalue weighted by atomic mass is 16.5. The van der Waals surface area contributed by atoms with Crippen molar-refractivity contribution in [2.75, 3.05) is 13.2 Å². The highest BCUT2D eigenvalue weighted by Gasteiger charge is 2.58. The summed E-state index contributed by atoms with van der Waals surface area (Å²) < 4.78 is 5.42. The molecule has 3 nitrogen and oxygen atoms in total. The smallest absolute Gasteiger partial charge is 0.220 e. The zero-order chi connectivity index (χ0) is 10.5. The summed E-state index contributed by atoms with van der Waals surface area (Å²) >= 11 is 0. The number of ether oxygens (including phenoxy) is 1. The molecule has 1 spiro atoms. The van der Waals surface area contributed by atoms with Gasteiger partial charge in [0.25, 0.3) is 0 Å². The van der Waals surface area contributed by atoms with E-state index in [1.54, 1.807) is 0 Å². The molecule has 2 aliphatic heterocycles. The largest absolute Gasteiger partial charge is 0.381 e. The van der Waals surface area contributed by atoms with E-state index in [-0.39, 0.29) is 11.4 Å². The molecule has 0 aromatic heterocycles. The first-order valence-electron chi connectivity index (χ1n) is 6.03. The summed E-state index contributed by atoms with van der Waals surface area (Å²) in [5.41, 5.74) is 0.525. The Balaban J connectivity index is 1.87. The Morgan fingerprint density at radius 2 is 1.93 bits per heavy atom. The minimum Gasteiger partial charge on any atom is -0.381 e. The van der Waals surface area contributed by atoms with Crippen LogP contribution in [0.4, 0.5) is 0 Å². The second-order valence-corrected chi connectivity index (χ2v) is 5.73. The van der Waals surface area contributed by atoms with E-state index in [1.165, 1.54) is 12.8 Å². The molecule has 15 heavy (non-hydrogen) atoms. The fourth-order valence-corrected chi connectivity index (χ4v) is 3.46. The van der Waals surface area contributed by atoms with Gasteiger partial charge in [0.15, 0.2) is 0 Å². The number of rotatable bonds is 1. The summed E-state index contributed by atoms with van der Waals surface area (Å²) in [7, 11) is 0. The molecule has 3 rings (SSSR count). The Bertz CT molecular complexity index is 290. The molecule has 1 unspecified atom stereocenters. The molecule has 1 saturated carbocycles. The number of carbonyl (C=O) groups excluding carboxylic acids is 1. The molecule has 3 fully saturated rings. The molecule has 1 aliphatic carbocycles. The first-order chi connectivity index (χ1) is 7.15. The molecule has 2 saturated heterocycles. The molecule has 0 bridgehead atoms. The van der Waals surface area contributed by atoms with Gasteiger partial charge in [0.1, 0.15) is 0 Å². The fourth-order valence-electron chi connectivity index (χ4n) is 3.46. The lowest BCUT2D eigenvalue weighted by Gasteiger charge is -2.41. The van der Waals surface area contributed by atoms with E-state index in [0.29, 0.717) is 11.3 Å². The van der Waals surface area contributed by atoms with E-state index in [9.17, 15) is 4.79 Å². The van der Waals surface area contributed by atoms with Gasteiger partial charge in [-0.2, -0.15) is 0 Å². The van der Waals surface area contributed by atoms with Crippen LogP contribution in [-0.4, -0.2) is 24.7 Å². The van der Waals surface area contributed by atoms with Crippen molar-refractivity contribution in [2.24, 2.45) is 11.3 Å². The zero-order valence-corrected chi connectivity index (χ0v) is 9.34. The molecule has 3 aliphatic rings. The maximum Gasteiger partial charge on any atom is 0.220 e. The molecule has 1 atom stereocenters. The van der Waals surface area contributed by atoms with Gasteiger partial charge in [0.2, 0.25) is 5.91 Å². The van der Waals surface area contributed by atoms with E-state index < -0.39 is 0 Å². The molecule has 1 amide bonds. The summed E-state index contributed by atoms with van der Waals surface area (Å²) in [6, 6.07) is 0. The third-order valence-corrected chi connectivity index (χ3v) is 4.71. The number of carbonyl (C=O) groups is 1. The van der Waals surface area contributed by atoms with Gasteiger partial charge in [-0.25, -0.2) is 0 Å². The Morgan fingerprint density at radius 3 is 2.53 bits per heavy atom. The van der Waals surface area contributed by atoms with Gasteiger partial charge in [0.05, 0.1) is 0 Å². The minimum absolute atomic E-state index is 0.0839. The third-order valence-electron chi connectivity index (χ3n) is 4.71. The zero-order valence-electron chi connectivity index (χ0n) is 9.34. The van der Waals surface area contributed by atoms with E-state index >= 15 is 0 Å². The second-order valence-electron chi connectivity index (χ2n) is 5.73. The SMILES string of the molecule is CC1(C2CC(=O)NC23CCOCC3)CC1. The van der Waals surface area contributed by atoms with Crippen LogP contribution in [0.2, 0.25) is 0 Å². The lowest BCUT2D eigenvalue weighted by atomic mass is 9.71. The summed E-state index contributed by atoms with van der Waals surface area (Å²) in [5, 5.41) is 3.25. The predicted octanol–water partition coefficient (Wildman–Crippen LogP) is 1.47. The van der Waals surface area contributed by atoms with Gasteiger partial charge in [-0.1, -0.05) is 6.92 Å². The van der Waals surface area contributed by atoms with Crippen molar-refractivity contribution in [1.29, 1.82) is 0 Å². The highest BCUT2D eigenvalue weighted by Crippen LogP contribution is 2.59. The highest BCUT2D eigenvalue weighted by molar-refractivity contribution is 5.80. The molecular formula is C12H19NO2. The lowest BCUT2D eigenvalue weighted by molar-refractivity contribution is -0.120. The molecule has 3 heteroatoms. The Hall–Kier alpha value is -0.570. The molecule has 2 heterocycles. The van der Waals surface area contributed by atoms with Crippen molar-refractivity contribution in [3.8, 4) is 0 Å². The van der Waals surface area contributed by atoms with Crippen molar-refractivity contribution in [3.63, 3.8) is 0 Å². The summed E-state index contributed by atoms with van der Waals surface area (Å²) in [5.74, 6) is 0.816. The maximum absolute atomic E-state index is 11.6. The van der Waals surface area contributed by atoms with Crippen LogP contribution in [0.25, 0.3) is 0 Å². The maximum atomic E-state index is 11.6. The quantitative estimate of drug-likeness (QED) is 0.710. The van der Waals surface area contributed by atoms with Crippen molar-refractivity contribution >= 4 is 5.91 Å². The molecule has 0 aromatic carbocycles. The molecule has 0 radical (unpaired) electrons. The molecule has 0 aromatic rings. The van der Waals surface area contributed by atoms with Crippen LogP contribution in [0.5, 0.6) is 0 Å². The number of nitrogens with one attached hydrogen (secondary N) is 1. The number of amides is 1. The first-order valence-corrected chi connectivity index (χ1v) is 6.03. The van der Waals surface area contributed by atoms with Gasteiger partial charge in [0, 0.05) is 25.2 Å². The van der Waals surface area contributed by atoms with Crippen LogP contribution >= 0.6 is 0 Å². The first kappa shape index (κ1) is 9.64. The van der Waals surface area contributed by atoms with Crippen LogP contribution in [0.1, 0.15) is 39.0 Å². The number of hydrogen-bond acceptors (Lipinski definition) is 2. The van der Waals surface area contributed by atoms with Crippen molar-refractivity contribution < 1.29 is 9.53 Å². The second kappa shape index (κ2) is 2.97. The third kappa shape index (κ3) is 1.40. The fraction of sp³-hybridized carbons (Fsp3) is 0.917.